The molecular weight excluding hydrogens is 421 g/mol. The zero-order chi connectivity index (χ0) is 15.9. The van der Waals surface area contributed by atoms with Crippen molar-refractivity contribution < 1.29 is 0 Å². The van der Waals surface area contributed by atoms with Gasteiger partial charge in [-0.05, 0) is 39.3 Å². The van der Waals surface area contributed by atoms with E-state index in [0.717, 1.165) is 32.5 Å². The second-order valence-corrected chi connectivity index (χ2v) is 7.08. The summed E-state index contributed by atoms with van der Waals surface area (Å²) in [5.41, 5.74) is 7.19. The van der Waals surface area contributed by atoms with E-state index in [1.165, 1.54) is 35.0 Å². The lowest BCUT2D eigenvalue weighted by Gasteiger charge is -2.20. The van der Waals surface area contributed by atoms with Gasteiger partial charge in [-0.25, -0.2) is 4.98 Å². The predicted molar refractivity (Wildman–Crippen MR) is 110 cm³/mol. The minimum atomic E-state index is 0. The maximum Gasteiger partial charge on any atom is 0.188 e. The minimum Gasteiger partial charge on any atom is -0.370 e. The van der Waals surface area contributed by atoms with Crippen LogP contribution in [0.4, 0.5) is 0 Å². The number of rotatable bonds is 7. The fraction of sp³-hybridized carbons (Fsp3) is 0.750. The van der Waals surface area contributed by atoms with Crippen LogP contribution in [0.15, 0.2) is 4.99 Å². The van der Waals surface area contributed by atoms with Crippen LogP contribution < -0.4 is 11.1 Å². The molecule has 3 N–H and O–H groups in total. The number of likely N-dealkylation sites (N-methyl/N-ethyl adjacent to an activating group) is 1. The van der Waals surface area contributed by atoms with Crippen LogP contribution in [0.2, 0.25) is 0 Å². The Balaban J connectivity index is 0.00000264. The monoisotopic (exact) mass is 451 g/mol. The van der Waals surface area contributed by atoms with Crippen molar-refractivity contribution in [2.24, 2.45) is 10.7 Å². The lowest BCUT2D eigenvalue weighted by Crippen LogP contribution is -2.36. The number of hydrogen-bond acceptors (Lipinski definition) is 4. The standard InChI is InChI=1S/C16H29N5S.HI/c1-4-14-12(3)22-15(20-14)8-9-18-16(17)19-11-13-7-6-10-21(13)5-2;/h13H,4-11H2,1-3H3,(H3,17,18,19);1H. The summed E-state index contributed by atoms with van der Waals surface area (Å²) in [4.78, 5) is 13.0. The Kier molecular flexibility index (Phi) is 9.38. The molecule has 5 nitrogen and oxygen atoms in total. The molecule has 0 bridgehead atoms. The third kappa shape index (κ3) is 6.19. The maximum atomic E-state index is 5.97. The van der Waals surface area contributed by atoms with Gasteiger partial charge in [0.2, 0.25) is 0 Å². The van der Waals surface area contributed by atoms with E-state index in [9.17, 15) is 0 Å². The van der Waals surface area contributed by atoms with Crippen molar-refractivity contribution in [3.63, 3.8) is 0 Å². The van der Waals surface area contributed by atoms with Crippen LogP contribution >= 0.6 is 35.3 Å². The van der Waals surface area contributed by atoms with Gasteiger partial charge < -0.3 is 11.1 Å². The Morgan fingerprint density at radius 1 is 1.48 bits per heavy atom. The number of nitrogens with zero attached hydrogens (tertiary/aromatic N) is 3. The van der Waals surface area contributed by atoms with E-state index in [-0.39, 0.29) is 24.0 Å². The van der Waals surface area contributed by atoms with Gasteiger partial charge in [-0.2, -0.15) is 0 Å². The normalized spacial score (nSPS) is 18.9. The number of hydrogen-bond donors (Lipinski definition) is 2. The van der Waals surface area contributed by atoms with Gasteiger partial charge in [0.25, 0.3) is 0 Å². The number of guanidine groups is 1. The fourth-order valence-corrected chi connectivity index (χ4v) is 4.02. The van der Waals surface area contributed by atoms with Crippen molar-refractivity contribution >= 4 is 41.3 Å². The summed E-state index contributed by atoms with van der Waals surface area (Å²) in [6.45, 7) is 10.4. The zero-order valence-corrected chi connectivity index (χ0v) is 17.6. The molecule has 1 aromatic rings. The molecule has 1 unspecified atom stereocenters. The molecular formula is C16H30IN5S. The molecule has 7 heteroatoms. The van der Waals surface area contributed by atoms with Gasteiger partial charge in [0, 0.05) is 23.9 Å². The lowest BCUT2D eigenvalue weighted by atomic mass is 10.2. The van der Waals surface area contributed by atoms with Crippen LogP contribution in [0, 0.1) is 6.92 Å². The second kappa shape index (κ2) is 10.5. The highest BCUT2D eigenvalue weighted by molar-refractivity contribution is 14.0. The van der Waals surface area contributed by atoms with Gasteiger partial charge in [0.1, 0.15) is 0 Å². The Labute approximate surface area is 161 Å². The topological polar surface area (TPSA) is 66.5 Å². The van der Waals surface area contributed by atoms with E-state index in [4.69, 9.17) is 5.73 Å². The number of halogens is 1. The lowest BCUT2D eigenvalue weighted by molar-refractivity contribution is 0.273. The highest BCUT2D eigenvalue weighted by Gasteiger charge is 2.22. The largest absolute Gasteiger partial charge is 0.370 e. The summed E-state index contributed by atoms with van der Waals surface area (Å²) >= 11 is 1.79. The molecule has 2 rings (SSSR count). The molecule has 0 spiro atoms. The first-order valence-corrected chi connectivity index (χ1v) is 9.18. The zero-order valence-electron chi connectivity index (χ0n) is 14.5. The summed E-state index contributed by atoms with van der Waals surface area (Å²) in [5, 5.41) is 4.39. The number of aryl methyl sites for hydroxylation is 2. The van der Waals surface area contributed by atoms with E-state index in [2.05, 4.69) is 41.0 Å². The molecule has 0 amide bonds. The van der Waals surface area contributed by atoms with E-state index in [1.54, 1.807) is 11.3 Å². The van der Waals surface area contributed by atoms with Gasteiger partial charge in [0.15, 0.2) is 5.96 Å². The SMILES string of the molecule is CCc1nc(CCNC(N)=NCC2CCCN2CC)sc1C.I. The number of thiazole rings is 1. The molecule has 0 saturated carbocycles. The molecule has 0 radical (unpaired) electrons. The molecule has 1 fully saturated rings. The molecule has 1 aromatic heterocycles. The summed E-state index contributed by atoms with van der Waals surface area (Å²) in [6, 6.07) is 0.569. The molecule has 1 aliphatic rings. The molecule has 1 aliphatic heterocycles. The van der Waals surface area contributed by atoms with Gasteiger partial charge in [-0.15, -0.1) is 35.3 Å². The van der Waals surface area contributed by atoms with Crippen LogP contribution in [0.5, 0.6) is 0 Å². The number of likely N-dealkylation sites (tertiary alicyclic amines) is 1. The Hall–Kier alpha value is -0.410. The molecule has 23 heavy (non-hydrogen) atoms. The maximum absolute atomic E-state index is 5.97. The molecule has 2 heterocycles. The molecule has 0 aromatic carbocycles. The van der Waals surface area contributed by atoms with Crippen molar-refractivity contribution in [3.05, 3.63) is 15.6 Å². The summed E-state index contributed by atoms with van der Waals surface area (Å²) in [5.74, 6) is 0.562. The number of nitrogens with two attached hydrogens (primary N) is 1. The molecule has 1 atom stereocenters. The van der Waals surface area contributed by atoms with Crippen LogP contribution in [0.1, 0.15) is 42.3 Å². The molecule has 0 aliphatic carbocycles. The minimum absolute atomic E-state index is 0. The third-order valence-corrected chi connectivity index (χ3v) is 5.37. The van der Waals surface area contributed by atoms with Crippen LogP contribution in [0.25, 0.3) is 0 Å². The van der Waals surface area contributed by atoms with Crippen molar-refractivity contribution in [2.45, 2.75) is 52.5 Å². The van der Waals surface area contributed by atoms with Crippen LogP contribution in [-0.2, 0) is 12.8 Å². The highest BCUT2D eigenvalue weighted by atomic mass is 127. The van der Waals surface area contributed by atoms with Crippen LogP contribution in [0.3, 0.4) is 0 Å². The van der Waals surface area contributed by atoms with Gasteiger partial charge in [-0.3, -0.25) is 9.89 Å². The number of aromatic nitrogens is 1. The highest BCUT2D eigenvalue weighted by Crippen LogP contribution is 2.18. The first-order chi connectivity index (χ1) is 10.6. The van der Waals surface area contributed by atoms with Crippen molar-refractivity contribution in [2.75, 3.05) is 26.2 Å². The second-order valence-electron chi connectivity index (χ2n) is 5.79. The predicted octanol–water partition coefficient (Wildman–Crippen LogP) is 2.56. The van der Waals surface area contributed by atoms with Crippen molar-refractivity contribution in [1.29, 1.82) is 0 Å². The fourth-order valence-electron chi connectivity index (χ4n) is 3.00. The number of nitrogens with one attached hydrogen (secondary N) is 1. The molecule has 1 saturated heterocycles. The average molecular weight is 451 g/mol. The Morgan fingerprint density at radius 2 is 2.26 bits per heavy atom. The van der Waals surface area contributed by atoms with E-state index >= 15 is 0 Å². The summed E-state index contributed by atoms with van der Waals surface area (Å²) in [7, 11) is 0. The van der Waals surface area contributed by atoms with Gasteiger partial charge in [0.05, 0.1) is 17.2 Å². The Bertz CT molecular complexity index is 503. The van der Waals surface area contributed by atoms with Gasteiger partial charge in [-0.1, -0.05) is 13.8 Å². The average Bonchev–Trinajstić information content (AvgIpc) is 3.10. The van der Waals surface area contributed by atoms with E-state index in [1.807, 2.05) is 0 Å². The summed E-state index contributed by atoms with van der Waals surface area (Å²) in [6.07, 6.45) is 4.44. The Morgan fingerprint density at radius 3 is 2.91 bits per heavy atom. The first-order valence-electron chi connectivity index (χ1n) is 8.37. The molecule has 132 valence electrons. The first kappa shape index (κ1) is 20.6. The summed E-state index contributed by atoms with van der Waals surface area (Å²) < 4.78 is 0. The van der Waals surface area contributed by atoms with Crippen LogP contribution in [-0.4, -0.2) is 48.1 Å². The quantitative estimate of drug-likeness (QED) is 0.380. The number of aliphatic imine (C=N–C) groups is 1. The van der Waals surface area contributed by atoms with Crippen molar-refractivity contribution in [3.8, 4) is 0 Å². The third-order valence-electron chi connectivity index (χ3n) is 4.29. The van der Waals surface area contributed by atoms with E-state index in [0.29, 0.717) is 12.0 Å². The van der Waals surface area contributed by atoms with Gasteiger partial charge >= 0.3 is 0 Å². The van der Waals surface area contributed by atoms with Crippen molar-refractivity contribution in [1.82, 2.24) is 15.2 Å². The van der Waals surface area contributed by atoms with E-state index < -0.39 is 0 Å². The smallest absolute Gasteiger partial charge is 0.188 e.